The van der Waals surface area contributed by atoms with Crippen molar-refractivity contribution in [2.75, 3.05) is 4.72 Å². The van der Waals surface area contributed by atoms with Crippen LogP contribution in [0.3, 0.4) is 0 Å². The van der Waals surface area contributed by atoms with Gasteiger partial charge in [0, 0.05) is 6.07 Å². The topological polar surface area (TPSA) is 139 Å². The van der Waals surface area contributed by atoms with E-state index < -0.39 is 21.8 Å². The number of nitrogens with one attached hydrogen (secondary N) is 1. The second kappa shape index (κ2) is 8.64. The maximum atomic E-state index is 10.8. The van der Waals surface area contributed by atoms with E-state index in [1.807, 2.05) is 4.72 Å². The molecule has 0 unspecified atom stereocenters. The van der Waals surface area contributed by atoms with E-state index in [1.54, 1.807) is 0 Å². The van der Waals surface area contributed by atoms with Crippen molar-refractivity contribution in [2.45, 2.75) is 0 Å². The summed E-state index contributed by atoms with van der Waals surface area (Å²) in [4.78, 5) is 20.9. The predicted molar refractivity (Wildman–Crippen MR) is 77.9 cm³/mol. The molecular formula is C13H9N2NaO7S. The molecule has 0 bridgehead atoms. The molecule has 0 aromatic heterocycles. The number of rotatable bonds is 6. The van der Waals surface area contributed by atoms with Crippen molar-refractivity contribution in [1.29, 1.82) is 0 Å². The van der Waals surface area contributed by atoms with Gasteiger partial charge in [0.15, 0.2) is 5.75 Å². The van der Waals surface area contributed by atoms with Crippen molar-refractivity contribution in [3.8, 4) is 11.5 Å². The van der Waals surface area contributed by atoms with Gasteiger partial charge in [0.05, 0.1) is 22.6 Å². The van der Waals surface area contributed by atoms with Gasteiger partial charge in [0.1, 0.15) is 5.75 Å². The Kier molecular flexibility index (Phi) is 7.17. The van der Waals surface area contributed by atoms with Crippen LogP contribution in [0, 0.1) is 10.1 Å². The summed E-state index contributed by atoms with van der Waals surface area (Å²) >= 11 is 0. The zero-order valence-electron chi connectivity index (χ0n) is 12.3. The smallest absolute Gasteiger partial charge is 0.545 e. The molecule has 0 amide bonds. The number of nitrogens with zero attached hydrogens (tertiary/aromatic N) is 1. The first-order chi connectivity index (χ1) is 10.9. The molecule has 0 aliphatic heterocycles. The van der Waals surface area contributed by atoms with Gasteiger partial charge in [-0.15, -0.1) is 0 Å². The number of anilines is 1. The molecular weight excluding hydrogens is 351 g/mol. The summed E-state index contributed by atoms with van der Waals surface area (Å²) in [7, 11) is -3.07. The SMILES string of the molecule is O=C([O-])c1ccc(Oc2cccc([N+](=O)[O-])c2)c(N[SH](=O)=O)c1.[Na+]. The van der Waals surface area contributed by atoms with E-state index >= 15 is 0 Å². The third-order valence-electron chi connectivity index (χ3n) is 2.68. The molecule has 120 valence electrons. The van der Waals surface area contributed by atoms with E-state index in [9.17, 15) is 28.4 Å². The average molecular weight is 360 g/mol. The van der Waals surface area contributed by atoms with E-state index in [-0.39, 0.29) is 58.0 Å². The molecule has 0 fully saturated rings. The number of carboxylic acids is 1. The molecule has 0 radical (unpaired) electrons. The molecule has 1 N–H and O–H groups in total. The minimum Gasteiger partial charge on any atom is -0.545 e. The van der Waals surface area contributed by atoms with Gasteiger partial charge in [0.2, 0.25) is 10.9 Å². The first kappa shape index (κ1) is 19.9. The van der Waals surface area contributed by atoms with Crippen LogP contribution >= 0.6 is 0 Å². The van der Waals surface area contributed by atoms with Crippen LogP contribution in [-0.4, -0.2) is 19.3 Å². The first-order valence-electron chi connectivity index (χ1n) is 6.05. The number of non-ortho nitro benzene ring substituents is 1. The average Bonchev–Trinajstić information content (AvgIpc) is 2.48. The fraction of sp³-hybridized carbons (Fsp3) is 0. The van der Waals surface area contributed by atoms with Crippen LogP contribution in [0.5, 0.6) is 11.5 Å². The summed E-state index contributed by atoms with van der Waals surface area (Å²) in [6, 6.07) is 8.63. The summed E-state index contributed by atoms with van der Waals surface area (Å²) in [6.45, 7) is 0. The maximum absolute atomic E-state index is 10.8. The molecule has 2 rings (SSSR count). The number of aromatic carboxylic acids is 1. The van der Waals surface area contributed by atoms with Crippen LogP contribution in [0.2, 0.25) is 0 Å². The Morgan fingerprint density at radius 3 is 2.46 bits per heavy atom. The van der Waals surface area contributed by atoms with Crippen molar-refractivity contribution in [3.05, 3.63) is 58.1 Å². The Morgan fingerprint density at radius 1 is 1.17 bits per heavy atom. The van der Waals surface area contributed by atoms with Crippen molar-refractivity contribution in [3.63, 3.8) is 0 Å². The van der Waals surface area contributed by atoms with E-state index in [0.29, 0.717) is 0 Å². The Labute approximate surface area is 159 Å². The Bertz CT molecular complexity index is 846. The molecule has 2 aromatic rings. The van der Waals surface area contributed by atoms with Gasteiger partial charge in [-0.3, -0.25) is 14.8 Å². The summed E-state index contributed by atoms with van der Waals surface area (Å²) < 4.78 is 29.1. The van der Waals surface area contributed by atoms with Crippen LogP contribution in [0.25, 0.3) is 0 Å². The van der Waals surface area contributed by atoms with Gasteiger partial charge in [-0.1, -0.05) is 6.07 Å². The number of hydrogen-bond donors (Lipinski definition) is 2. The molecule has 0 aliphatic carbocycles. The number of hydrogen-bond acceptors (Lipinski definition) is 7. The van der Waals surface area contributed by atoms with Gasteiger partial charge >= 0.3 is 29.6 Å². The Balaban J connectivity index is 0.00000288. The minimum atomic E-state index is -3.07. The molecule has 0 atom stereocenters. The number of carbonyl (C=O) groups excluding carboxylic acids is 1. The van der Waals surface area contributed by atoms with E-state index in [0.717, 1.165) is 18.2 Å². The van der Waals surface area contributed by atoms with E-state index in [2.05, 4.69) is 0 Å². The summed E-state index contributed by atoms with van der Waals surface area (Å²) in [6.07, 6.45) is 0. The zero-order chi connectivity index (χ0) is 17.0. The number of carbonyl (C=O) groups is 1. The standard InChI is InChI=1S/C13H10N2O7S.Na/c16-13(17)8-4-5-12(11(6-8)14-23(20)21)22-10-3-1-2-9(7-10)15(18)19;/h1-7,23H,(H,16,17)(H,14,20,21);/q;+1/p-1. The zero-order valence-corrected chi connectivity index (χ0v) is 15.2. The van der Waals surface area contributed by atoms with Crippen molar-refractivity contribution in [1.82, 2.24) is 0 Å². The molecule has 11 heteroatoms. The van der Waals surface area contributed by atoms with Crippen molar-refractivity contribution < 1.29 is 57.5 Å². The third kappa shape index (κ3) is 5.20. The number of benzene rings is 2. The van der Waals surface area contributed by atoms with Crippen LogP contribution in [-0.2, 0) is 10.9 Å². The number of nitro benzene ring substituents is 1. The monoisotopic (exact) mass is 360 g/mol. The van der Waals surface area contributed by atoms with Gasteiger partial charge in [-0.2, -0.15) is 0 Å². The molecule has 0 saturated carbocycles. The molecule has 0 aliphatic rings. The first-order valence-corrected chi connectivity index (χ1v) is 7.23. The second-order valence-corrected chi connectivity index (χ2v) is 4.96. The summed E-state index contributed by atoms with van der Waals surface area (Å²) in [5, 5.41) is 21.5. The fourth-order valence-corrected chi connectivity index (χ4v) is 2.09. The third-order valence-corrected chi connectivity index (χ3v) is 3.11. The van der Waals surface area contributed by atoms with Gasteiger partial charge < -0.3 is 14.6 Å². The Hall–Kier alpha value is -2.14. The van der Waals surface area contributed by atoms with Gasteiger partial charge in [-0.25, -0.2) is 8.42 Å². The van der Waals surface area contributed by atoms with Gasteiger partial charge in [0.25, 0.3) is 5.69 Å². The molecule has 0 heterocycles. The quantitative estimate of drug-likeness (QED) is 0.255. The summed E-state index contributed by atoms with van der Waals surface area (Å²) in [5.41, 5.74) is -0.594. The summed E-state index contributed by atoms with van der Waals surface area (Å²) in [5.74, 6) is -1.42. The molecule has 0 saturated heterocycles. The van der Waals surface area contributed by atoms with Crippen LogP contribution < -0.4 is 44.1 Å². The van der Waals surface area contributed by atoms with Gasteiger partial charge in [-0.05, 0) is 29.8 Å². The largest absolute Gasteiger partial charge is 1.00 e. The maximum Gasteiger partial charge on any atom is 1.00 e. The van der Waals surface area contributed by atoms with Crippen molar-refractivity contribution >= 4 is 28.2 Å². The number of nitro groups is 1. The minimum absolute atomic E-state index is 0. The number of thiol groups is 1. The van der Waals surface area contributed by atoms with Crippen LogP contribution in [0.4, 0.5) is 11.4 Å². The molecule has 24 heavy (non-hydrogen) atoms. The predicted octanol–water partition coefficient (Wildman–Crippen LogP) is -2.31. The van der Waals surface area contributed by atoms with Crippen molar-refractivity contribution in [2.24, 2.45) is 0 Å². The molecule has 9 nitrogen and oxygen atoms in total. The number of carboxylic acid groups (broad SMARTS) is 1. The van der Waals surface area contributed by atoms with E-state index in [1.165, 1.54) is 24.3 Å². The Morgan fingerprint density at radius 2 is 1.88 bits per heavy atom. The van der Waals surface area contributed by atoms with Crippen LogP contribution in [0.1, 0.15) is 10.4 Å². The fourth-order valence-electron chi connectivity index (χ4n) is 1.72. The van der Waals surface area contributed by atoms with E-state index in [4.69, 9.17) is 4.74 Å². The normalized spacial score (nSPS) is 9.88. The number of ether oxygens (including phenoxy) is 1. The molecule has 0 spiro atoms. The molecule has 2 aromatic carbocycles. The second-order valence-electron chi connectivity index (χ2n) is 4.22. The van der Waals surface area contributed by atoms with Crippen LogP contribution in [0.15, 0.2) is 42.5 Å².